The van der Waals surface area contributed by atoms with E-state index in [0.29, 0.717) is 32.4 Å². The van der Waals surface area contributed by atoms with Gasteiger partial charge in [0, 0.05) is 43.8 Å². The third-order valence-electron chi connectivity index (χ3n) is 10.8. The first-order chi connectivity index (χ1) is 19.4. The summed E-state index contributed by atoms with van der Waals surface area (Å²) in [4.78, 5) is 18.3. The van der Waals surface area contributed by atoms with Gasteiger partial charge >= 0.3 is 12.1 Å². The lowest BCUT2D eigenvalue weighted by Gasteiger charge is -2.45. The van der Waals surface area contributed by atoms with Crippen molar-refractivity contribution in [2.45, 2.75) is 87.1 Å². The van der Waals surface area contributed by atoms with Crippen LogP contribution in [-0.4, -0.2) is 110 Å². The maximum absolute atomic E-state index is 16.1. The smallest absolute Gasteiger partial charge is 0.339 e. The Morgan fingerprint density at radius 2 is 1.71 bits per heavy atom. The molecule has 5 fully saturated rings. The number of hydrazine groups is 1. The van der Waals surface area contributed by atoms with E-state index in [1.807, 2.05) is 4.90 Å². The van der Waals surface area contributed by atoms with Crippen LogP contribution in [0.1, 0.15) is 51.9 Å². The molecular weight excluding hydrogens is 588 g/mol. The molecule has 3 aliphatic heterocycles. The van der Waals surface area contributed by atoms with Crippen LogP contribution in [0, 0.1) is 29.6 Å². The molecule has 242 valence electrons. The van der Waals surface area contributed by atoms with Gasteiger partial charge in [0.05, 0.1) is 17.8 Å². The first-order valence-corrected chi connectivity index (χ1v) is 16.9. The van der Waals surface area contributed by atoms with Gasteiger partial charge in [0.2, 0.25) is 5.91 Å². The highest BCUT2D eigenvalue weighted by molar-refractivity contribution is 7.91. The topological polar surface area (TPSA) is 85.0 Å². The van der Waals surface area contributed by atoms with E-state index in [2.05, 4.69) is 10.9 Å². The summed E-state index contributed by atoms with van der Waals surface area (Å²) in [5.41, 5.74) is 2.13. The molecule has 8 nitrogen and oxygen atoms in total. The maximum Gasteiger partial charge on any atom is 0.392 e. The van der Waals surface area contributed by atoms with E-state index < -0.39 is 80.6 Å². The molecule has 0 aromatic heterocycles. The summed E-state index contributed by atoms with van der Waals surface area (Å²) in [6.45, 7) is 1.97. The van der Waals surface area contributed by atoms with E-state index in [4.69, 9.17) is 0 Å². The molecule has 2 saturated carbocycles. The molecule has 15 heteroatoms. The molecule has 9 atom stereocenters. The maximum atomic E-state index is 16.1. The Morgan fingerprint density at radius 3 is 2.31 bits per heavy atom. The lowest BCUT2D eigenvalue weighted by atomic mass is 9.68. The molecule has 5 rings (SSSR count). The predicted octanol–water partition coefficient (Wildman–Crippen LogP) is 3.01. The summed E-state index contributed by atoms with van der Waals surface area (Å²) in [6, 6.07) is -0.596. The predicted molar refractivity (Wildman–Crippen MR) is 144 cm³/mol. The minimum atomic E-state index is -4.51. The molecule has 5 aliphatic rings. The number of carbonyl (C=O) groups is 1. The van der Waals surface area contributed by atoms with Gasteiger partial charge in [-0.05, 0) is 70.9 Å². The number of alkyl halides is 6. The van der Waals surface area contributed by atoms with E-state index in [1.165, 1.54) is 23.1 Å². The Morgan fingerprint density at radius 1 is 1.00 bits per heavy atom. The van der Waals surface area contributed by atoms with E-state index in [-0.39, 0.29) is 45.4 Å². The van der Waals surface area contributed by atoms with Gasteiger partial charge in [-0.3, -0.25) is 9.69 Å². The van der Waals surface area contributed by atoms with Crippen molar-refractivity contribution in [3.63, 3.8) is 0 Å². The molecule has 0 spiro atoms. The van der Waals surface area contributed by atoms with E-state index in [0.717, 1.165) is 6.92 Å². The molecule has 0 aromatic rings. The number of fused-ring (bicyclic) bond motifs is 1. The third-order valence-corrected chi connectivity index (χ3v) is 12.4. The molecule has 42 heavy (non-hydrogen) atoms. The second-order valence-corrected chi connectivity index (χ2v) is 15.9. The van der Waals surface area contributed by atoms with Crippen LogP contribution in [0.25, 0.3) is 0 Å². The van der Waals surface area contributed by atoms with Crippen LogP contribution in [0.4, 0.5) is 26.3 Å². The Bertz CT molecular complexity index is 1120. The molecule has 2 aliphatic carbocycles. The van der Waals surface area contributed by atoms with Crippen LogP contribution >= 0.6 is 0 Å². The van der Waals surface area contributed by atoms with Gasteiger partial charge in [-0.15, -0.1) is 0 Å². The van der Waals surface area contributed by atoms with Gasteiger partial charge in [-0.2, -0.15) is 22.0 Å². The van der Waals surface area contributed by atoms with Gasteiger partial charge < -0.3 is 9.80 Å². The van der Waals surface area contributed by atoms with Crippen molar-refractivity contribution in [3.8, 4) is 0 Å². The Labute approximate surface area is 243 Å². The molecule has 3 heterocycles. The average molecular weight is 632 g/mol. The van der Waals surface area contributed by atoms with Crippen LogP contribution in [0.15, 0.2) is 0 Å². The molecule has 2 N–H and O–H groups in total. The van der Waals surface area contributed by atoms with Gasteiger partial charge in [-0.1, -0.05) is 6.42 Å². The Hall–Kier alpha value is -1.16. The zero-order valence-electron chi connectivity index (χ0n) is 24.3. The summed E-state index contributed by atoms with van der Waals surface area (Å²) in [5, 5.41) is -0.537. The normalized spacial score (nSPS) is 39.1. The fourth-order valence-corrected chi connectivity index (χ4v) is 9.38. The lowest BCUT2D eigenvalue weighted by molar-refractivity contribution is -0.204. The monoisotopic (exact) mass is 631 g/mol. The molecule has 3 saturated heterocycles. The first-order valence-electron chi connectivity index (χ1n) is 14.9. The van der Waals surface area contributed by atoms with Crippen molar-refractivity contribution in [1.29, 1.82) is 0 Å². The zero-order chi connectivity index (χ0) is 30.8. The van der Waals surface area contributed by atoms with Gasteiger partial charge in [0.15, 0.2) is 15.5 Å². The van der Waals surface area contributed by atoms with Gasteiger partial charge in [-0.25, -0.2) is 23.7 Å². The number of amides is 1. The number of nitrogens with one attached hydrogen (secondary N) is 2. The van der Waals surface area contributed by atoms with Crippen molar-refractivity contribution in [3.05, 3.63) is 0 Å². The molecule has 7 unspecified atom stereocenters. The second-order valence-electron chi connectivity index (χ2n) is 13.6. The zero-order valence-corrected chi connectivity index (χ0v) is 25.2. The van der Waals surface area contributed by atoms with Crippen molar-refractivity contribution < 1.29 is 39.6 Å². The highest BCUT2D eigenvalue weighted by atomic mass is 32.2. The van der Waals surface area contributed by atoms with Crippen molar-refractivity contribution in [2.24, 2.45) is 29.6 Å². The van der Waals surface area contributed by atoms with E-state index in [1.54, 1.807) is 0 Å². The number of likely N-dealkylation sites (tertiary alicyclic amines) is 2. The van der Waals surface area contributed by atoms with Gasteiger partial charge in [0.1, 0.15) is 6.17 Å². The second kappa shape index (κ2) is 11.3. The number of hydrogen-bond donors (Lipinski definition) is 2. The first kappa shape index (κ1) is 32.2. The van der Waals surface area contributed by atoms with Crippen molar-refractivity contribution >= 4 is 15.7 Å². The number of carbonyl (C=O) groups excluding carboxylic acids is 1. The standard InChI is InChI=1S/C27H43F6N5O3S/c1-25(28,26(29,30)24-35-34-15-36(24)2)17-5-4-6-18(11-17)38-14-21-20(23(38)39)9-16(10-22(21)27(31,32)33)12-37-8-7-19(13-37)42(3,40)41/h16-22,24,34-35H,4-15H2,1-3H3/t16?,17?,18?,19-,20?,21?,22?,24?,25-/m1/s1. The fourth-order valence-electron chi connectivity index (χ4n) is 8.36. The quantitative estimate of drug-likeness (QED) is 0.418. The SMILES string of the molecule is CN1CNNC1C(F)(F)[C@](C)(F)C1CCCC(N2CC3C(CC(CN4CC[C@@H](S(C)(=O)=O)C4)CC3C(F)(F)F)C2=O)C1. The van der Waals surface area contributed by atoms with Gasteiger partial charge in [0.25, 0.3) is 0 Å². The average Bonchev–Trinajstić information content (AvgIpc) is 3.62. The Kier molecular flexibility index (Phi) is 8.70. The minimum Gasteiger partial charge on any atom is -0.339 e. The molecule has 0 aromatic carbocycles. The number of hydrogen-bond acceptors (Lipinski definition) is 7. The summed E-state index contributed by atoms with van der Waals surface area (Å²) >= 11 is 0. The van der Waals surface area contributed by atoms with Crippen molar-refractivity contribution in [2.75, 3.05) is 46.2 Å². The molecular formula is C27H43F6N5O3S. The molecule has 1 amide bonds. The van der Waals surface area contributed by atoms with E-state index >= 15 is 13.2 Å². The summed E-state index contributed by atoms with van der Waals surface area (Å²) in [7, 11) is -1.80. The van der Waals surface area contributed by atoms with Crippen LogP contribution < -0.4 is 10.9 Å². The highest BCUT2D eigenvalue weighted by Crippen LogP contribution is 2.52. The third kappa shape index (κ3) is 5.93. The van der Waals surface area contributed by atoms with Crippen LogP contribution in [0.2, 0.25) is 0 Å². The summed E-state index contributed by atoms with van der Waals surface area (Å²) in [5.74, 6) is -9.11. The fraction of sp³-hybridized carbons (Fsp3) is 0.963. The van der Waals surface area contributed by atoms with E-state index in [9.17, 15) is 26.4 Å². The largest absolute Gasteiger partial charge is 0.392 e. The number of halogens is 6. The van der Waals surface area contributed by atoms with Crippen molar-refractivity contribution in [1.82, 2.24) is 25.6 Å². The van der Waals surface area contributed by atoms with Crippen LogP contribution in [0.3, 0.4) is 0 Å². The number of sulfone groups is 1. The lowest BCUT2D eigenvalue weighted by Crippen LogP contribution is -2.62. The van der Waals surface area contributed by atoms with Crippen LogP contribution in [-0.2, 0) is 14.6 Å². The highest BCUT2D eigenvalue weighted by Gasteiger charge is 2.63. The summed E-state index contributed by atoms with van der Waals surface area (Å²) < 4.78 is 114. The number of nitrogens with zero attached hydrogens (tertiary/aromatic N) is 3. The molecule has 0 radical (unpaired) electrons. The molecule has 0 bridgehead atoms. The van der Waals surface area contributed by atoms with Crippen LogP contribution in [0.5, 0.6) is 0 Å². The number of rotatable bonds is 7. The summed E-state index contributed by atoms with van der Waals surface area (Å²) in [6.07, 6.45) is -3.32. The Balaban J connectivity index is 1.29. The minimum absolute atomic E-state index is 0.0294.